The number of carboxylic acids is 1. The first-order valence-electron chi connectivity index (χ1n) is 8.60. The summed E-state index contributed by atoms with van der Waals surface area (Å²) in [6.45, 7) is 8.39. The van der Waals surface area contributed by atoms with Crippen molar-refractivity contribution in [1.82, 2.24) is 19.7 Å². The molecule has 1 aliphatic heterocycles. The second-order valence-corrected chi connectivity index (χ2v) is 7.43. The Morgan fingerprint density at radius 3 is 2.72 bits per heavy atom. The zero-order valence-electron chi connectivity index (χ0n) is 15.1. The molecule has 134 valence electrons. The van der Waals surface area contributed by atoms with Gasteiger partial charge in [-0.05, 0) is 46.6 Å². The molecule has 0 spiro atoms. The van der Waals surface area contributed by atoms with E-state index in [2.05, 4.69) is 10.1 Å². The fraction of sp³-hybridized carbons (Fsp3) is 0.556. The number of piperidine rings is 1. The maximum absolute atomic E-state index is 13.1. The van der Waals surface area contributed by atoms with E-state index in [4.69, 9.17) is 0 Å². The molecule has 7 heteroatoms. The van der Waals surface area contributed by atoms with Crippen molar-refractivity contribution in [3.63, 3.8) is 0 Å². The first kappa shape index (κ1) is 17.4. The quantitative estimate of drug-likeness (QED) is 0.925. The second kappa shape index (κ2) is 6.13. The first-order valence-corrected chi connectivity index (χ1v) is 8.60. The van der Waals surface area contributed by atoms with E-state index in [-0.39, 0.29) is 18.5 Å². The number of nitrogens with zero attached hydrogens (tertiary/aromatic N) is 4. The highest BCUT2D eigenvalue weighted by Crippen LogP contribution is 2.31. The first-order chi connectivity index (χ1) is 11.7. The normalized spacial score (nSPS) is 21.1. The predicted octanol–water partition coefficient (Wildman–Crippen LogP) is 2.65. The standard InChI is InChI=1S/C18H24N4O3/c1-11(2)22-15-14(9-19-22)13(8-12(3)20-15)16(23)21-7-5-6-18(4,10-21)17(24)25/h8-9,11H,5-7,10H2,1-4H3,(H,24,25). The number of carboxylic acid groups (broad SMARTS) is 1. The Morgan fingerprint density at radius 1 is 1.36 bits per heavy atom. The van der Waals surface area contributed by atoms with Gasteiger partial charge in [0.05, 0.1) is 22.6 Å². The molecular weight excluding hydrogens is 320 g/mol. The van der Waals surface area contributed by atoms with Crippen LogP contribution in [0.3, 0.4) is 0 Å². The Labute approximate surface area is 146 Å². The monoisotopic (exact) mass is 344 g/mol. The van der Waals surface area contributed by atoms with Gasteiger partial charge in [0, 0.05) is 24.8 Å². The van der Waals surface area contributed by atoms with Gasteiger partial charge in [0.2, 0.25) is 0 Å². The molecule has 0 aromatic carbocycles. The maximum atomic E-state index is 13.1. The second-order valence-electron chi connectivity index (χ2n) is 7.43. The average Bonchev–Trinajstić information content (AvgIpc) is 2.97. The van der Waals surface area contributed by atoms with Crippen LogP contribution in [0, 0.1) is 12.3 Å². The Bertz CT molecular complexity index is 842. The van der Waals surface area contributed by atoms with Crippen molar-refractivity contribution >= 4 is 22.9 Å². The summed E-state index contributed by atoms with van der Waals surface area (Å²) >= 11 is 0. The minimum atomic E-state index is -0.892. The Kier molecular flexibility index (Phi) is 4.26. The van der Waals surface area contributed by atoms with Crippen LogP contribution in [0.2, 0.25) is 0 Å². The van der Waals surface area contributed by atoms with Crippen molar-refractivity contribution in [2.24, 2.45) is 5.41 Å². The van der Waals surface area contributed by atoms with Crippen LogP contribution in [0.15, 0.2) is 12.3 Å². The van der Waals surface area contributed by atoms with Crippen LogP contribution in [0.1, 0.15) is 55.7 Å². The van der Waals surface area contributed by atoms with Crippen LogP contribution >= 0.6 is 0 Å². The van der Waals surface area contributed by atoms with E-state index in [9.17, 15) is 14.7 Å². The topological polar surface area (TPSA) is 88.3 Å². The molecule has 0 saturated carbocycles. The summed E-state index contributed by atoms with van der Waals surface area (Å²) < 4.78 is 1.80. The van der Waals surface area contributed by atoms with Crippen LogP contribution in [-0.2, 0) is 4.79 Å². The van der Waals surface area contributed by atoms with Crippen LogP contribution in [0.5, 0.6) is 0 Å². The molecule has 0 radical (unpaired) electrons. The van der Waals surface area contributed by atoms with E-state index >= 15 is 0 Å². The Balaban J connectivity index is 2.01. The number of fused-ring (bicyclic) bond motifs is 1. The van der Waals surface area contributed by atoms with E-state index in [1.807, 2.05) is 20.8 Å². The Hall–Kier alpha value is -2.44. The molecule has 1 aliphatic rings. The van der Waals surface area contributed by atoms with Gasteiger partial charge in [0.15, 0.2) is 5.65 Å². The highest BCUT2D eigenvalue weighted by atomic mass is 16.4. The number of aliphatic carboxylic acids is 1. The minimum Gasteiger partial charge on any atom is -0.481 e. The number of amides is 1. The van der Waals surface area contributed by atoms with Crippen molar-refractivity contribution in [1.29, 1.82) is 0 Å². The molecule has 0 bridgehead atoms. The molecular formula is C18H24N4O3. The molecule has 1 fully saturated rings. The molecule has 3 heterocycles. The molecule has 2 aromatic heterocycles. The molecule has 0 aliphatic carbocycles. The van der Waals surface area contributed by atoms with E-state index in [0.717, 1.165) is 5.69 Å². The number of carbonyl (C=O) groups is 2. The fourth-order valence-electron chi connectivity index (χ4n) is 3.46. The number of carbonyl (C=O) groups excluding carboxylic acids is 1. The number of hydrogen-bond acceptors (Lipinski definition) is 4. The third-order valence-corrected chi connectivity index (χ3v) is 4.91. The summed E-state index contributed by atoms with van der Waals surface area (Å²) in [5.74, 6) is -1.00. The van der Waals surface area contributed by atoms with Gasteiger partial charge in [-0.1, -0.05) is 0 Å². The van der Waals surface area contributed by atoms with Crippen LogP contribution in [-0.4, -0.2) is 49.7 Å². The number of aryl methyl sites for hydroxylation is 1. The van der Waals surface area contributed by atoms with E-state index in [1.54, 1.807) is 28.8 Å². The fourth-order valence-corrected chi connectivity index (χ4v) is 3.46. The largest absolute Gasteiger partial charge is 0.481 e. The number of pyridine rings is 1. The molecule has 3 rings (SSSR count). The van der Waals surface area contributed by atoms with Crippen molar-refractivity contribution < 1.29 is 14.7 Å². The van der Waals surface area contributed by atoms with Gasteiger partial charge < -0.3 is 10.0 Å². The smallest absolute Gasteiger partial charge is 0.311 e. The molecule has 1 N–H and O–H groups in total. The van der Waals surface area contributed by atoms with Crippen LogP contribution in [0.4, 0.5) is 0 Å². The average molecular weight is 344 g/mol. The third kappa shape index (κ3) is 2.99. The number of rotatable bonds is 3. The third-order valence-electron chi connectivity index (χ3n) is 4.91. The molecule has 25 heavy (non-hydrogen) atoms. The number of hydrogen-bond donors (Lipinski definition) is 1. The molecule has 7 nitrogen and oxygen atoms in total. The van der Waals surface area contributed by atoms with Crippen molar-refractivity contribution in [3.8, 4) is 0 Å². The van der Waals surface area contributed by atoms with Crippen LogP contribution < -0.4 is 0 Å². The molecule has 1 saturated heterocycles. The summed E-state index contributed by atoms with van der Waals surface area (Å²) in [5, 5.41) is 14.6. The predicted molar refractivity (Wildman–Crippen MR) is 93.5 cm³/mol. The van der Waals surface area contributed by atoms with Gasteiger partial charge in [-0.2, -0.15) is 5.10 Å². The van der Waals surface area contributed by atoms with Gasteiger partial charge >= 0.3 is 5.97 Å². The van der Waals surface area contributed by atoms with Gasteiger partial charge in [-0.25, -0.2) is 9.67 Å². The lowest BCUT2D eigenvalue weighted by molar-refractivity contribution is -0.150. The minimum absolute atomic E-state index is 0.139. The lowest BCUT2D eigenvalue weighted by Gasteiger charge is -2.37. The summed E-state index contributed by atoms with van der Waals surface area (Å²) in [6.07, 6.45) is 2.95. The van der Waals surface area contributed by atoms with Gasteiger partial charge in [-0.15, -0.1) is 0 Å². The summed E-state index contributed by atoms with van der Waals surface area (Å²) in [6, 6.07) is 1.91. The van der Waals surface area contributed by atoms with Gasteiger partial charge in [0.1, 0.15) is 0 Å². The SMILES string of the molecule is Cc1cc(C(=O)N2CCCC(C)(C(=O)O)C2)c2cnn(C(C)C)c2n1. The molecule has 1 unspecified atom stereocenters. The highest BCUT2D eigenvalue weighted by Gasteiger charge is 2.39. The lowest BCUT2D eigenvalue weighted by Crippen LogP contribution is -2.48. The molecule has 1 amide bonds. The van der Waals surface area contributed by atoms with E-state index in [1.165, 1.54) is 0 Å². The molecule has 1 atom stereocenters. The zero-order chi connectivity index (χ0) is 18.4. The van der Waals surface area contributed by atoms with Crippen molar-refractivity contribution in [2.45, 2.75) is 46.6 Å². The van der Waals surface area contributed by atoms with E-state index < -0.39 is 11.4 Å². The number of aromatic nitrogens is 3. The highest BCUT2D eigenvalue weighted by molar-refractivity contribution is 6.05. The summed E-state index contributed by atoms with van der Waals surface area (Å²) in [4.78, 5) is 30.9. The van der Waals surface area contributed by atoms with Gasteiger partial charge in [-0.3, -0.25) is 9.59 Å². The van der Waals surface area contributed by atoms with E-state index in [0.29, 0.717) is 36.0 Å². The lowest BCUT2D eigenvalue weighted by atomic mass is 9.82. The summed E-state index contributed by atoms with van der Waals surface area (Å²) in [5.41, 5.74) is 1.09. The van der Waals surface area contributed by atoms with Crippen LogP contribution in [0.25, 0.3) is 11.0 Å². The zero-order valence-corrected chi connectivity index (χ0v) is 15.1. The molecule has 2 aromatic rings. The van der Waals surface area contributed by atoms with Crippen molar-refractivity contribution in [3.05, 3.63) is 23.5 Å². The van der Waals surface area contributed by atoms with Crippen molar-refractivity contribution in [2.75, 3.05) is 13.1 Å². The Morgan fingerprint density at radius 2 is 2.08 bits per heavy atom. The van der Waals surface area contributed by atoms with Gasteiger partial charge in [0.25, 0.3) is 5.91 Å². The summed E-state index contributed by atoms with van der Waals surface area (Å²) in [7, 11) is 0. The maximum Gasteiger partial charge on any atom is 0.311 e. The number of likely N-dealkylation sites (tertiary alicyclic amines) is 1.